The molecule has 0 aliphatic rings. The van der Waals surface area contributed by atoms with Gasteiger partial charge in [0.2, 0.25) is 11.0 Å². The monoisotopic (exact) mass is 291 g/mol. The Morgan fingerprint density at radius 1 is 1.56 bits per heavy atom. The standard InChI is InChI=1S/C9H11ClN4O3S/c1-4-17-9(15)13-7-5(14(2)16)6(10)11-8(12-7)18-3/h4H2,1-3H3/p+1. The van der Waals surface area contributed by atoms with Crippen LogP contribution in [0.5, 0.6) is 0 Å². The average Bonchev–Trinajstić information content (AvgIpc) is 2.27. The van der Waals surface area contributed by atoms with Gasteiger partial charge in [-0.3, -0.25) is 5.32 Å². The smallest absolute Gasteiger partial charge is 0.412 e. The van der Waals surface area contributed by atoms with Crippen molar-refractivity contribution in [3.8, 4) is 0 Å². The lowest BCUT2D eigenvalue weighted by atomic mass is 10.4. The van der Waals surface area contributed by atoms with Gasteiger partial charge in [-0.1, -0.05) is 23.4 Å². The summed E-state index contributed by atoms with van der Waals surface area (Å²) in [7, 11) is 1.24. The topological polar surface area (TPSA) is 84.2 Å². The zero-order chi connectivity index (χ0) is 13.7. The number of rotatable bonds is 4. The highest BCUT2D eigenvalue weighted by Gasteiger charge is 2.25. The number of nitrogens with zero attached hydrogens (tertiary/aromatic N) is 3. The molecule has 0 atom stereocenters. The molecule has 0 fully saturated rings. The Bertz CT molecular complexity index is 483. The summed E-state index contributed by atoms with van der Waals surface area (Å²) in [6.45, 7) is 1.88. The summed E-state index contributed by atoms with van der Waals surface area (Å²) in [6.07, 6.45) is 1.04. The number of carbonyl (C=O) groups is 1. The molecule has 0 spiro atoms. The summed E-state index contributed by atoms with van der Waals surface area (Å²) in [4.78, 5) is 30.6. The van der Waals surface area contributed by atoms with E-state index < -0.39 is 6.09 Å². The summed E-state index contributed by atoms with van der Waals surface area (Å²) in [5.74, 6) is 0.0234. The van der Waals surface area contributed by atoms with Crippen LogP contribution >= 0.6 is 23.4 Å². The first-order valence-electron chi connectivity index (χ1n) is 4.95. The van der Waals surface area contributed by atoms with E-state index in [4.69, 9.17) is 16.3 Å². The molecule has 1 aromatic heterocycles. The first-order valence-corrected chi connectivity index (χ1v) is 6.56. The number of aromatic nitrogens is 2. The highest BCUT2D eigenvalue weighted by molar-refractivity contribution is 7.98. The lowest BCUT2D eigenvalue weighted by Gasteiger charge is -2.06. The van der Waals surface area contributed by atoms with E-state index in [-0.39, 0.29) is 23.3 Å². The number of anilines is 1. The molecule has 98 valence electrons. The number of ether oxygens (including phenoxy) is 1. The van der Waals surface area contributed by atoms with E-state index in [1.807, 2.05) is 0 Å². The second-order valence-electron chi connectivity index (χ2n) is 3.04. The molecule has 0 unspecified atom stereocenters. The van der Waals surface area contributed by atoms with Gasteiger partial charge in [-0.25, -0.2) is 9.78 Å². The third-order valence-corrected chi connectivity index (χ3v) is 2.63. The van der Waals surface area contributed by atoms with Gasteiger partial charge in [0.1, 0.15) is 0 Å². The molecular formula is C9H12ClN4O3S+. The van der Waals surface area contributed by atoms with Crippen molar-refractivity contribution >= 4 is 41.0 Å². The number of nitroso groups, excluding NO2 is 1. The van der Waals surface area contributed by atoms with Crippen LogP contribution in [0.3, 0.4) is 0 Å². The lowest BCUT2D eigenvalue weighted by molar-refractivity contribution is -0.427. The van der Waals surface area contributed by atoms with Crippen LogP contribution in [0.15, 0.2) is 5.16 Å². The summed E-state index contributed by atoms with van der Waals surface area (Å²) >= 11 is 7.11. The molecule has 18 heavy (non-hydrogen) atoms. The van der Waals surface area contributed by atoms with Crippen LogP contribution in [-0.4, -0.2) is 40.7 Å². The number of amides is 1. The van der Waals surface area contributed by atoms with E-state index in [1.54, 1.807) is 13.2 Å². The Labute approximate surface area is 113 Å². The molecule has 0 aromatic carbocycles. The third-order valence-electron chi connectivity index (χ3n) is 1.81. The largest absolute Gasteiger partial charge is 0.450 e. The van der Waals surface area contributed by atoms with Crippen LogP contribution in [0.2, 0.25) is 5.15 Å². The minimum Gasteiger partial charge on any atom is -0.450 e. The summed E-state index contributed by atoms with van der Waals surface area (Å²) < 4.78 is 5.19. The van der Waals surface area contributed by atoms with Gasteiger partial charge < -0.3 is 4.74 Å². The van der Waals surface area contributed by atoms with E-state index in [0.29, 0.717) is 9.92 Å². The van der Waals surface area contributed by atoms with Crippen LogP contribution in [0.25, 0.3) is 0 Å². The van der Waals surface area contributed by atoms with Crippen molar-refractivity contribution in [3.63, 3.8) is 0 Å². The van der Waals surface area contributed by atoms with Crippen molar-refractivity contribution in [3.05, 3.63) is 10.1 Å². The molecule has 0 saturated carbocycles. The van der Waals surface area contributed by atoms with Crippen LogP contribution in [0, 0.1) is 4.91 Å². The van der Waals surface area contributed by atoms with Crippen LogP contribution in [-0.2, 0) is 4.74 Å². The van der Waals surface area contributed by atoms with Crippen molar-refractivity contribution in [2.45, 2.75) is 12.1 Å². The first-order chi connectivity index (χ1) is 8.49. The molecule has 7 nitrogen and oxygen atoms in total. The van der Waals surface area contributed by atoms with E-state index in [9.17, 15) is 9.70 Å². The third kappa shape index (κ3) is 3.54. The van der Waals surface area contributed by atoms with Gasteiger partial charge in [-0.15, -0.1) is 0 Å². The molecule has 0 aliphatic heterocycles. The normalized spacial score (nSPS) is 10.0. The molecule has 1 heterocycles. The Morgan fingerprint density at radius 3 is 2.72 bits per heavy atom. The fourth-order valence-corrected chi connectivity index (χ4v) is 1.83. The SMILES string of the molecule is CCOC(=O)Nc1nc(SC)nc(Cl)c1[N+](C)=O. The zero-order valence-electron chi connectivity index (χ0n) is 10.1. The van der Waals surface area contributed by atoms with Crippen molar-refractivity contribution in [2.75, 3.05) is 25.2 Å². The minimum atomic E-state index is -0.706. The number of hydrogen-bond donors (Lipinski definition) is 1. The fraction of sp³-hybridized carbons (Fsp3) is 0.444. The second kappa shape index (κ2) is 6.50. The Morgan fingerprint density at radius 2 is 2.22 bits per heavy atom. The average molecular weight is 292 g/mol. The molecule has 1 amide bonds. The predicted molar refractivity (Wildman–Crippen MR) is 68.7 cm³/mol. The highest BCUT2D eigenvalue weighted by atomic mass is 35.5. The molecule has 0 radical (unpaired) electrons. The molecule has 1 N–H and O–H groups in total. The lowest BCUT2D eigenvalue weighted by Crippen LogP contribution is -2.16. The van der Waals surface area contributed by atoms with Gasteiger partial charge in [0.15, 0.2) is 12.2 Å². The fourth-order valence-electron chi connectivity index (χ4n) is 1.13. The quantitative estimate of drug-likeness (QED) is 0.397. The van der Waals surface area contributed by atoms with E-state index >= 15 is 0 Å². The maximum absolute atomic E-state index is 11.4. The van der Waals surface area contributed by atoms with Gasteiger partial charge in [0.05, 0.1) is 6.61 Å². The molecule has 9 heteroatoms. The van der Waals surface area contributed by atoms with Crippen LogP contribution in [0.1, 0.15) is 6.92 Å². The van der Waals surface area contributed by atoms with Crippen LogP contribution < -0.4 is 5.32 Å². The first kappa shape index (κ1) is 14.7. The van der Waals surface area contributed by atoms with Gasteiger partial charge in [-0.2, -0.15) is 4.98 Å². The maximum Gasteiger partial charge on any atom is 0.412 e. The number of thioether (sulfide) groups is 1. The van der Waals surface area contributed by atoms with E-state index in [0.717, 1.165) is 0 Å². The Kier molecular flexibility index (Phi) is 5.29. The van der Waals surface area contributed by atoms with E-state index in [1.165, 1.54) is 18.8 Å². The number of halogens is 1. The molecule has 0 saturated heterocycles. The maximum atomic E-state index is 11.4. The molecule has 0 bridgehead atoms. The van der Waals surface area contributed by atoms with Gasteiger partial charge >= 0.3 is 11.8 Å². The molecule has 0 aliphatic carbocycles. The van der Waals surface area contributed by atoms with Crippen molar-refractivity contribution in [1.82, 2.24) is 9.97 Å². The van der Waals surface area contributed by atoms with Crippen LogP contribution in [0.4, 0.5) is 16.3 Å². The van der Waals surface area contributed by atoms with Crippen molar-refractivity contribution < 1.29 is 14.3 Å². The second-order valence-corrected chi connectivity index (χ2v) is 4.17. The van der Waals surface area contributed by atoms with Crippen molar-refractivity contribution in [1.29, 1.82) is 0 Å². The Hall–Kier alpha value is -1.41. The number of hydrogen-bond acceptors (Lipinski definition) is 6. The van der Waals surface area contributed by atoms with E-state index in [2.05, 4.69) is 15.3 Å². The van der Waals surface area contributed by atoms with Gasteiger partial charge in [-0.05, 0) is 13.2 Å². The van der Waals surface area contributed by atoms with Crippen molar-refractivity contribution in [2.24, 2.45) is 0 Å². The Balaban J connectivity index is 3.17. The zero-order valence-corrected chi connectivity index (χ0v) is 11.6. The van der Waals surface area contributed by atoms with Gasteiger partial charge in [0.25, 0.3) is 0 Å². The molecular weight excluding hydrogens is 280 g/mol. The predicted octanol–water partition coefficient (Wildman–Crippen LogP) is 2.46. The minimum absolute atomic E-state index is 0.0116. The number of carbonyl (C=O) groups excluding carboxylic acids is 1. The highest BCUT2D eigenvalue weighted by Crippen LogP contribution is 2.31. The van der Waals surface area contributed by atoms with Gasteiger partial charge in [0, 0.05) is 9.67 Å². The summed E-state index contributed by atoms with van der Waals surface area (Å²) in [6, 6.07) is 0. The summed E-state index contributed by atoms with van der Waals surface area (Å²) in [5, 5.41) is 2.67. The summed E-state index contributed by atoms with van der Waals surface area (Å²) in [5.41, 5.74) is -0.0116. The molecule has 1 rings (SSSR count). The number of nitrogens with one attached hydrogen (secondary N) is 1. The molecule has 1 aromatic rings.